The summed E-state index contributed by atoms with van der Waals surface area (Å²) < 4.78 is 58.5. The number of rotatable bonds is 4. The van der Waals surface area contributed by atoms with Gasteiger partial charge in [0.25, 0.3) is 0 Å². The smallest absolute Gasteiger partial charge is 0.353 e. The maximum atomic E-state index is 12.4. The first-order chi connectivity index (χ1) is 7.63. The molecule has 0 heterocycles. The van der Waals surface area contributed by atoms with Gasteiger partial charge in [-0.05, 0) is 20.8 Å². The van der Waals surface area contributed by atoms with Gasteiger partial charge in [-0.2, -0.15) is 13.2 Å². The SMILES string of the molecule is CC(N)(C(=O)NCC(C)(C)S(C)(=O)=O)C(F)(F)F. The minimum absolute atomic E-state index is 0.451. The van der Waals surface area contributed by atoms with E-state index in [1.807, 2.05) is 5.32 Å². The van der Waals surface area contributed by atoms with Crippen molar-refractivity contribution in [3.05, 3.63) is 0 Å². The van der Waals surface area contributed by atoms with Crippen LogP contribution in [0.25, 0.3) is 0 Å². The van der Waals surface area contributed by atoms with Gasteiger partial charge in [0, 0.05) is 12.8 Å². The molecule has 5 nitrogen and oxygen atoms in total. The van der Waals surface area contributed by atoms with Crippen molar-refractivity contribution in [2.75, 3.05) is 12.8 Å². The second kappa shape index (κ2) is 4.69. The summed E-state index contributed by atoms with van der Waals surface area (Å²) in [6.45, 7) is 2.66. The molecule has 0 aliphatic heterocycles. The fourth-order valence-electron chi connectivity index (χ4n) is 0.737. The number of nitrogens with one attached hydrogen (secondary N) is 1. The third kappa shape index (κ3) is 3.58. The maximum absolute atomic E-state index is 12.4. The molecule has 0 radical (unpaired) electrons. The number of hydrogen-bond acceptors (Lipinski definition) is 4. The standard InChI is InChI=1S/C9H17F3N2O3S/c1-7(2,18(4,16)17)5-14-6(15)8(3,13)9(10,11)12/h5,13H2,1-4H3,(H,14,15). The number of alkyl halides is 3. The van der Waals surface area contributed by atoms with E-state index in [0.717, 1.165) is 6.26 Å². The van der Waals surface area contributed by atoms with E-state index in [2.05, 4.69) is 0 Å². The van der Waals surface area contributed by atoms with Crippen molar-refractivity contribution in [3.63, 3.8) is 0 Å². The molecule has 1 atom stereocenters. The molecule has 0 aromatic carbocycles. The molecule has 1 amide bonds. The van der Waals surface area contributed by atoms with Crippen molar-refractivity contribution in [1.82, 2.24) is 5.32 Å². The summed E-state index contributed by atoms with van der Waals surface area (Å²) in [7, 11) is -3.52. The van der Waals surface area contributed by atoms with Crippen LogP contribution in [0.1, 0.15) is 20.8 Å². The van der Waals surface area contributed by atoms with E-state index in [1.54, 1.807) is 0 Å². The molecule has 0 aliphatic carbocycles. The molecular formula is C9H17F3N2O3S. The van der Waals surface area contributed by atoms with E-state index >= 15 is 0 Å². The first-order valence-electron chi connectivity index (χ1n) is 4.96. The van der Waals surface area contributed by atoms with Crippen LogP contribution in [0.15, 0.2) is 0 Å². The number of hydrogen-bond donors (Lipinski definition) is 2. The van der Waals surface area contributed by atoms with Gasteiger partial charge in [0.05, 0.1) is 4.75 Å². The molecule has 108 valence electrons. The molecule has 0 saturated heterocycles. The Morgan fingerprint density at radius 3 is 1.89 bits per heavy atom. The highest BCUT2D eigenvalue weighted by atomic mass is 32.2. The molecule has 0 rings (SSSR count). The quantitative estimate of drug-likeness (QED) is 0.774. The van der Waals surface area contributed by atoms with E-state index in [-0.39, 0.29) is 0 Å². The monoisotopic (exact) mass is 290 g/mol. The van der Waals surface area contributed by atoms with E-state index in [0.29, 0.717) is 6.92 Å². The van der Waals surface area contributed by atoms with Crippen LogP contribution in [-0.4, -0.2) is 43.6 Å². The average molecular weight is 290 g/mol. The molecular weight excluding hydrogens is 273 g/mol. The summed E-state index contributed by atoms with van der Waals surface area (Å²) in [6.07, 6.45) is -3.98. The Hall–Kier alpha value is -0.830. The van der Waals surface area contributed by atoms with Crippen LogP contribution in [-0.2, 0) is 14.6 Å². The Morgan fingerprint density at radius 2 is 1.61 bits per heavy atom. The zero-order chi connectivity index (χ0) is 15.0. The molecule has 9 heteroatoms. The van der Waals surface area contributed by atoms with E-state index in [9.17, 15) is 26.4 Å². The van der Waals surface area contributed by atoms with Gasteiger partial charge in [0.2, 0.25) is 5.91 Å². The van der Waals surface area contributed by atoms with Gasteiger partial charge in [-0.25, -0.2) is 8.42 Å². The predicted molar refractivity (Wildman–Crippen MR) is 60.6 cm³/mol. The van der Waals surface area contributed by atoms with Crippen LogP contribution in [0.2, 0.25) is 0 Å². The number of sulfone groups is 1. The first kappa shape index (κ1) is 17.2. The Kier molecular flexibility index (Phi) is 4.47. The van der Waals surface area contributed by atoms with Gasteiger partial charge in [0.1, 0.15) is 0 Å². The maximum Gasteiger partial charge on any atom is 0.415 e. The van der Waals surface area contributed by atoms with Crippen molar-refractivity contribution in [3.8, 4) is 0 Å². The predicted octanol–water partition coefficient (Wildman–Crippen LogP) is 0.205. The third-order valence-corrected chi connectivity index (χ3v) is 4.89. The zero-order valence-electron chi connectivity index (χ0n) is 10.6. The van der Waals surface area contributed by atoms with Crippen LogP contribution in [0, 0.1) is 0 Å². The molecule has 3 N–H and O–H groups in total. The lowest BCUT2D eigenvalue weighted by atomic mass is 10.0. The Bertz CT molecular complexity index is 427. The van der Waals surface area contributed by atoms with Gasteiger partial charge < -0.3 is 11.1 Å². The van der Waals surface area contributed by atoms with Gasteiger partial charge in [-0.1, -0.05) is 0 Å². The topological polar surface area (TPSA) is 89.3 Å². The second-order valence-corrected chi connectivity index (χ2v) is 7.56. The summed E-state index contributed by atoms with van der Waals surface area (Å²) in [5.74, 6) is -1.47. The van der Waals surface area contributed by atoms with Crippen molar-refractivity contribution >= 4 is 15.7 Å². The summed E-state index contributed by atoms with van der Waals surface area (Å²) in [5, 5.41) is 1.91. The normalized spacial score (nSPS) is 17.1. The molecule has 1 unspecified atom stereocenters. The van der Waals surface area contributed by atoms with Gasteiger partial charge in [-0.15, -0.1) is 0 Å². The van der Waals surface area contributed by atoms with Gasteiger partial charge >= 0.3 is 6.18 Å². The van der Waals surface area contributed by atoms with Crippen LogP contribution in [0.3, 0.4) is 0 Å². The molecule has 0 aromatic heterocycles. The lowest BCUT2D eigenvalue weighted by molar-refractivity contribution is -0.187. The highest BCUT2D eigenvalue weighted by Gasteiger charge is 2.54. The fourth-order valence-corrected chi connectivity index (χ4v) is 1.07. The number of amides is 1. The van der Waals surface area contributed by atoms with Crippen molar-refractivity contribution in [2.45, 2.75) is 37.2 Å². The average Bonchev–Trinajstić information content (AvgIpc) is 2.10. The lowest BCUT2D eigenvalue weighted by Crippen LogP contribution is -2.62. The number of carbonyl (C=O) groups is 1. The summed E-state index contributed by atoms with van der Waals surface area (Å²) in [6, 6.07) is 0. The molecule has 0 saturated carbocycles. The number of carbonyl (C=O) groups excluding carboxylic acids is 1. The van der Waals surface area contributed by atoms with Crippen molar-refractivity contribution < 1.29 is 26.4 Å². The van der Waals surface area contributed by atoms with Gasteiger partial charge in [0.15, 0.2) is 15.4 Å². The molecule has 18 heavy (non-hydrogen) atoms. The zero-order valence-corrected chi connectivity index (χ0v) is 11.4. The Labute approximate surface area is 104 Å². The largest absolute Gasteiger partial charge is 0.415 e. The highest BCUT2D eigenvalue weighted by molar-refractivity contribution is 7.92. The summed E-state index contributed by atoms with van der Waals surface area (Å²) in [4.78, 5) is 11.3. The Balaban J connectivity index is 4.84. The minimum Gasteiger partial charge on any atom is -0.353 e. The van der Waals surface area contributed by atoms with Crippen LogP contribution in [0.4, 0.5) is 13.2 Å². The van der Waals surface area contributed by atoms with Crippen LogP contribution in [0.5, 0.6) is 0 Å². The molecule has 0 aromatic rings. The molecule has 0 fully saturated rings. The van der Waals surface area contributed by atoms with Crippen molar-refractivity contribution in [1.29, 1.82) is 0 Å². The van der Waals surface area contributed by atoms with E-state index in [1.165, 1.54) is 13.8 Å². The van der Waals surface area contributed by atoms with Crippen LogP contribution < -0.4 is 11.1 Å². The summed E-state index contributed by atoms with van der Waals surface area (Å²) in [5.41, 5.74) is 1.83. The lowest BCUT2D eigenvalue weighted by Gasteiger charge is -2.29. The minimum atomic E-state index is -4.91. The Morgan fingerprint density at radius 1 is 1.22 bits per heavy atom. The second-order valence-electron chi connectivity index (χ2n) is 4.91. The van der Waals surface area contributed by atoms with Gasteiger partial charge in [-0.3, -0.25) is 4.79 Å². The first-order valence-corrected chi connectivity index (χ1v) is 6.85. The molecule has 0 spiro atoms. The van der Waals surface area contributed by atoms with E-state index in [4.69, 9.17) is 5.73 Å². The number of nitrogens with two attached hydrogens (primary N) is 1. The highest BCUT2D eigenvalue weighted by Crippen LogP contribution is 2.28. The van der Waals surface area contributed by atoms with E-state index < -0.39 is 38.8 Å². The molecule has 0 bridgehead atoms. The van der Waals surface area contributed by atoms with Crippen molar-refractivity contribution in [2.24, 2.45) is 5.73 Å². The molecule has 0 aliphatic rings. The number of halogens is 3. The fraction of sp³-hybridized carbons (Fsp3) is 0.889. The van der Waals surface area contributed by atoms with Crippen LogP contribution >= 0.6 is 0 Å². The summed E-state index contributed by atoms with van der Waals surface area (Å²) >= 11 is 0. The third-order valence-electron chi connectivity index (χ3n) is 2.74.